The van der Waals surface area contributed by atoms with E-state index in [0.717, 1.165) is 27.5 Å². The fourth-order valence-corrected chi connectivity index (χ4v) is 3.77. The summed E-state index contributed by atoms with van der Waals surface area (Å²) in [5.41, 5.74) is 2.70. The Hall–Kier alpha value is -3.53. The molecule has 0 unspecified atom stereocenters. The second kappa shape index (κ2) is 12.3. The van der Waals surface area contributed by atoms with Crippen LogP contribution < -0.4 is 16.6 Å². The Balaban J connectivity index is 1.10. The molecule has 35 heavy (non-hydrogen) atoms. The standard InChI is InChI=1S/C26H30N4O5/c1-19-18-30(26(32)29-25(19)31)11-13-34-15-17-35-16-14-33-12-10-27-24-20-6-2-4-8-22(20)28-23-9-5-3-7-21(23)24/h2-9,18H,10-17H2,1H3,(H,27,28)(H,29,31,32). The van der Waals surface area contributed by atoms with Crippen LogP contribution in [0.25, 0.3) is 21.8 Å². The number of para-hydroxylation sites is 2. The van der Waals surface area contributed by atoms with Crippen molar-refractivity contribution >= 4 is 27.5 Å². The number of hydrogen-bond donors (Lipinski definition) is 2. The normalized spacial score (nSPS) is 11.3. The number of hydrogen-bond acceptors (Lipinski definition) is 7. The Morgan fingerprint density at radius 2 is 1.40 bits per heavy atom. The number of pyridine rings is 1. The van der Waals surface area contributed by atoms with Gasteiger partial charge in [-0.2, -0.15) is 0 Å². The zero-order valence-electron chi connectivity index (χ0n) is 19.8. The number of aromatic nitrogens is 3. The lowest BCUT2D eigenvalue weighted by atomic mass is 10.1. The molecule has 4 aromatic rings. The second-order valence-corrected chi connectivity index (χ2v) is 8.05. The average Bonchev–Trinajstić information content (AvgIpc) is 2.87. The predicted molar refractivity (Wildman–Crippen MR) is 136 cm³/mol. The minimum atomic E-state index is -0.433. The molecule has 9 heteroatoms. The largest absolute Gasteiger partial charge is 0.382 e. The molecule has 2 aromatic carbocycles. The van der Waals surface area contributed by atoms with Crippen LogP contribution in [0.4, 0.5) is 5.69 Å². The first-order valence-corrected chi connectivity index (χ1v) is 11.7. The molecular weight excluding hydrogens is 448 g/mol. The Kier molecular flexibility index (Phi) is 8.61. The maximum atomic E-state index is 11.7. The number of rotatable bonds is 13. The van der Waals surface area contributed by atoms with Crippen LogP contribution >= 0.6 is 0 Å². The molecular formula is C26H30N4O5. The number of fused-ring (bicyclic) bond motifs is 2. The Morgan fingerprint density at radius 1 is 0.829 bits per heavy atom. The van der Waals surface area contributed by atoms with Gasteiger partial charge in [0.1, 0.15) is 0 Å². The van der Waals surface area contributed by atoms with Gasteiger partial charge in [-0.25, -0.2) is 9.78 Å². The monoisotopic (exact) mass is 478 g/mol. The van der Waals surface area contributed by atoms with Crippen molar-refractivity contribution in [1.29, 1.82) is 0 Å². The summed E-state index contributed by atoms with van der Waals surface area (Å²) in [5, 5.41) is 5.70. The van der Waals surface area contributed by atoms with Crippen LogP contribution in [-0.4, -0.2) is 60.7 Å². The molecule has 0 aliphatic rings. The molecule has 0 amide bonds. The van der Waals surface area contributed by atoms with Crippen LogP contribution in [0.2, 0.25) is 0 Å². The zero-order valence-corrected chi connectivity index (χ0v) is 19.8. The maximum Gasteiger partial charge on any atom is 0.328 e. The van der Waals surface area contributed by atoms with Crippen molar-refractivity contribution in [3.8, 4) is 0 Å². The van der Waals surface area contributed by atoms with E-state index in [1.54, 1.807) is 6.92 Å². The van der Waals surface area contributed by atoms with Crippen LogP contribution in [0.3, 0.4) is 0 Å². The minimum absolute atomic E-state index is 0.356. The molecule has 4 rings (SSSR count). The lowest BCUT2D eigenvalue weighted by molar-refractivity contribution is 0.0148. The number of benzene rings is 2. The van der Waals surface area contributed by atoms with Gasteiger partial charge in [-0.1, -0.05) is 36.4 Å². The van der Waals surface area contributed by atoms with Gasteiger partial charge in [0, 0.05) is 29.1 Å². The van der Waals surface area contributed by atoms with E-state index < -0.39 is 5.69 Å². The molecule has 0 atom stereocenters. The molecule has 2 N–H and O–H groups in total. The van der Waals surface area contributed by atoms with Gasteiger partial charge >= 0.3 is 5.69 Å². The summed E-state index contributed by atoms with van der Waals surface area (Å²) in [5.74, 6) is 0. The molecule has 2 aromatic heterocycles. The lowest BCUT2D eigenvalue weighted by Gasteiger charge is -2.13. The highest BCUT2D eigenvalue weighted by Gasteiger charge is 2.08. The molecule has 2 heterocycles. The number of aromatic amines is 1. The molecule has 0 saturated carbocycles. The average molecular weight is 479 g/mol. The highest BCUT2D eigenvalue weighted by Crippen LogP contribution is 2.30. The minimum Gasteiger partial charge on any atom is -0.382 e. The number of ether oxygens (including phenoxy) is 3. The number of nitrogens with one attached hydrogen (secondary N) is 2. The summed E-state index contributed by atoms with van der Waals surface area (Å²) in [4.78, 5) is 30.1. The lowest BCUT2D eigenvalue weighted by Crippen LogP contribution is -2.31. The topological polar surface area (TPSA) is 107 Å². The van der Waals surface area contributed by atoms with E-state index in [4.69, 9.17) is 19.2 Å². The summed E-state index contributed by atoms with van der Waals surface area (Å²) in [6.45, 7) is 5.43. The van der Waals surface area contributed by atoms with Gasteiger partial charge in [0.05, 0.1) is 62.9 Å². The van der Waals surface area contributed by atoms with E-state index in [1.165, 1.54) is 10.8 Å². The summed E-state index contributed by atoms with van der Waals surface area (Å²) in [6.07, 6.45) is 1.53. The van der Waals surface area contributed by atoms with Crippen molar-refractivity contribution < 1.29 is 14.2 Å². The van der Waals surface area contributed by atoms with E-state index in [-0.39, 0.29) is 5.56 Å². The number of H-pyrrole nitrogens is 1. The van der Waals surface area contributed by atoms with Crippen LogP contribution in [0.5, 0.6) is 0 Å². The van der Waals surface area contributed by atoms with Crippen molar-refractivity contribution in [3.05, 3.63) is 81.1 Å². The van der Waals surface area contributed by atoms with Crippen molar-refractivity contribution in [2.75, 3.05) is 51.5 Å². The van der Waals surface area contributed by atoms with Crippen molar-refractivity contribution in [1.82, 2.24) is 14.5 Å². The van der Waals surface area contributed by atoms with Crippen molar-refractivity contribution in [2.45, 2.75) is 13.5 Å². The third-order valence-corrected chi connectivity index (χ3v) is 5.55. The first-order valence-electron chi connectivity index (χ1n) is 11.7. The maximum absolute atomic E-state index is 11.7. The van der Waals surface area contributed by atoms with E-state index in [1.807, 2.05) is 36.4 Å². The smallest absolute Gasteiger partial charge is 0.328 e. The summed E-state index contributed by atoms with van der Waals surface area (Å²) >= 11 is 0. The molecule has 0 saturated heterocycles. The van der Waals surface area contributed by atoms with Gasteiger partial charge in [-0.15, -0.1) is 0 Å². The van der Waals surface area contributed by atoms with Gasteiger partial charge in [0.15, 0.2) is 0 Å². The van der Waals surface area contributed by atoms with Gasteiger partial charge in [-0.05, 0) is 19.1 Å². The predicted octanol–water partition coefficient (Wildman–Crippen LogP) is 2.71. The zero-order chi connectivity index (χ0) is 24.5. The first kappa shape index (κ1) is 24.6. The Labute approximate surface area is 202 Å². The first-order chi connectivity index (χ1) is 17.1. The Bertz CT molecular complexity index is 1330. The Morgan fingerprint density at radius 3 is 2.06 bits per heavy atom. The third-order valence-electron chi connectivity index (χ3n) is 5.55. The molecule has 184 valence electrons. The van der Waals surface area contributed by atoms with Crippen molar-refractivity contribution in [3.63, 3.8) is 0 Å². The highest BCUT2D eigenvalue weighted by molar-refractivity contribution is 6.07. The molecule has 9 nitrogen and oxygen atoms in total. The quantitative estimate of drug-likeness (QED) is 0.225. The number of aryl methyl sites for hydroxylation is 1. The molecule has 0 fully saturated rings. The van der Waals surface area contributed by atoms with E-state index in [9.17, 15) is 9.59 Å². The van der Waals surface area contributed by atoms with Gasteiger partial charge in [0.2, 0.25) is 0 Å². The van der Waals surface area contributed by atoms with E-state index >= 15 is 0 Å². The van der Waals surface area contributed by atoms with Gasteiger partial charge in [0.25, 0.3) is 5.56 Å². The van der Waals surface area contributed by atoms with Crippen LogP contribution in [-0.2, 0) is 20.8 Å². The van der Waals surface area contributed by atoms with E-state index in [0.29, 0.717) is 58.3 Å². The van der Waals surface area contributed by atoms with Crippen molar-refractivity contribution in [2.24, 2.45) is 0 Å². The molecule has 0 aliphatic heterocycles. The molecule has 0 aliphatic carbocycles. The number of anilines is 1. The van der Waals surface area contributed by atoms with Gasteiger partial charge < -0.3 is 19.5 Å². The third kappa shape index (κ3) is 6.54. The summed E-state index contributed by atoms with van der Waals surface area (Å²) in [6, 6.07) is 16.2. The fourth-order valence-electron chi connectivity index (χ4n) is 3.77. The van der Waals surface area contributed by atoms with E-state index in [2.05, 4.69) is 22.4 Å². The fraction of sp³-hybridized carbons (Fsp3) is 0.346. The molecule has 0 spiro atoms. The highest BCUT2D eigenvalue weighted by atomic mass is 16.5. The molecule has 0 bridgehead atoms. The number of nitrogens with zero attached hydrogens (tertiary/aromatic N) is 2. The molecule has 0 radical (unpaired) electrons. The van der Waals surface area contributed by atoms with Crippen LogP contribution in [0.1, 0.15) is 5.56 Å². The van der Waals surface area contributed by atoms with Crippen LogP contribution in [0.15, 0.2) is 64.3 Å². The van der Waals surface area contributed by atoms with Crippen LogP contribution in [0, 0.1) is 6.92 Å². The SMILES string of the molecule is Cc1cn(CCOCCOCCOCCNc2c3ccccc3nc3ccccc23)c(=O)[nH]c1=O. The van der Waals surface area contributed by atoms with Gasteiger partial charge in [-0.3, -0.25) is 14.3 Å². The summed E-state index contributed by atoms with van der Waals surface area (Å²) < 4.78 is 18.1. The summed E-state index contributed by atoms with van der Waals surface area (Å²) in [7, 11) is 0. The second-order valence-electron chi connectivity index (χ2n) is 8.05.